The van der Waals surface area contributed by atoms with Gasteiger partial charge in [-0.05, 0) is 27.7 Å². The number of allylic oxidation sites excluding steroid dienone is 1. The van der Waals surface area contributed by atoms with E-state index in [2.05, 4.69) is 0 Å². The van der Waals surface area contributed by atoms with Gasteiger partial charge in [-0.3, -0.25) is 4.79 Å². The van der Waals surface area contributed by atoms with Crippen LogP contribution in [-0.4, -0.2) is 12.6 Å². The molecule has 0 unspecified atom stereocenters. The summed E-state index contributed by atoms with van der Waals surface area (Å²) in [5, 5.41) is 0. The van der Waals surface area contributed by atoms with Crippen molar-refractivity contribution in [3.05, 3.63) is 12.2 Å². The van der Waals surface area contributed by atoms with E-state index in [9.17, 15) is 4.79 Å². The molecule has 2 nitrogen and oxygen atoms in total. The molecule has 0 aromatic carbocycles. The molecule has 0 N–H and O–H groups in total. The van der Waals surface area contributed by atoms with Crippen LogP contribution < -0.4 is 0 Å². The monoisotopic (exact) mass is 156 g/mol. The first-order valence-electron chi connectivity index (χ1n) is 3.77. The quantitative estimate of drug-likeness (QED) is 0.452. The molecule has 0 aliphatic rings. The highest BCUT2D eigenvalue weighted by molar-refractivity contribution is 5.75. The molecule has 0 rings (SSSR count). The minimum atomic E-state index is -0.387. The van der Waals surface area contributed by atoms with Gasteiger partial charge in [-0.25, -0.2) is 0 Å². The molecule has 0 amide bonds. The molecule has 11 heavy (non-hydrogen) atoms. The third kappa shape index (κ3) is 4.59. The fraction of sp³-hybridized carbons (Fsp3) is 0.667. The molecule has 0 saturated carbocycles. The Hall–Kier alpha value is -0.790. The lowest BCUT2D eigenvalue weighted by Gasteiger charge is -2.15. The number of hydrogen-bond acceptors (Lipinski definition) is 2. The summed E-state index contributed by atoms with van der Waals surface area (Å²) in [7, 11) is 0. The topological polar surface area (TPSA) is 26.3 Å². The minimum absolute atomic E-state index is 0.157. The van der Waals surface area contributed by atoms with E-state index in [4.69, 9.17) is 4.74 Å². The van der Waals surface area contributed by atoms with E-state index in [1.165, 1.54) is 0 Å². The van der Waals surface area contributed by atoms with Crippen LogP contribution in [0.2, 0.25) is 0 Å². The van der Waals surface area contributed by atoms with Crippen LogP contribution in [-0.2, 0) is 9.53 Å². The van der Waals surface area contributed by atoms with Crippen LogP contribution in [0.5, 0.6) is 0 Å². The van der Waals surface area contributed by atoms with Gasteiger partial charge in [0.25, 0.3) is 0 Å². The van der Waals surface area contributed by atoms with E-state index < -0.39 is 0 Å². The summed E-state index contributed by atoms with van der Waals surface area (Å²) in [6, 6.07) is 0. The van der Waals surface area contributed by atoms with Crippen LogP contribution in [0.15, 0.2) is 12.2 Å². The number of rotatable bonds is 2. The Balaban J connectivity index is 3.71. The van der Waals surface area contributed by atoms with Gasteiger partial charge in [0.15, 0.2) is 0 Å². The van der Waals surface area contributed by atoms with Crippen molar-refractivity contribution in [2.45, 2.75) is 27.7 Å². The van der Waals surface area contributed by atoms with Gasteiger partial charge in [-0.2, -0.15) is 0 Å². The van der Waals surface area contributed by atoms with Gasteiger partial charge in [0, 0.05) is 0 Å². The van der Waals surface area contributed by atoms with Crippen molar-refractivity contribution < 1.29 is 9.53 Å². The summed E-state index contributed by atoms with van der Waals surface area (Å²) in [6.07, 6.45) is 3.67. The van der Waals surface area contributed by atoms with Crippen molar-refractivity contribution in [3.8, 4) is 0 Å². The lowest BCUT2D eigenvalue weighted by atomic mass is 9.97. The normalized spacial score (nSPS) is 12.0. The molecule has 0 spiro atoms. The summed E-state index contributed by atoms with van der Waals surface area (Å²) in [5.74, 6) is -0.157. The number of carbonyl (C=O) groups excluding carboxylic acids is 1. The van der Waals surface area contributed by atoms with Crippen molar-refractivity contribution >= 4 is 5.97 Å². The SMILES string of the molecule is C/C=C\COC(=O)C(C)(C)C. The van der Waals surface area contributed by atoms with E-state index in [-0.39, 0.29) is 11.4 Å². The highest BCUT2D eigenvalue weighted by Gasteiger charge is 2.22. The zero-order chi connectivity index (χ0) is 8.91. The number of hydrogen-bond donors (Lipinski definition) is 0. The van der Waals surface area contributed by atoms with Crippen molar-refractivity contribution in [2.75, 3.05) is 6.61 Å². The summed E-state index contributed by atoms with van der Waals surface area (Å²) < 4.78 is 4.92. The van der Waals surface area contributed by atoms with Gasteiger partial charge in [-0.1, -0.05) is 12.2 Å². The number of ether oxygens (including phenoxy) is 1. The highest BCUT2D eigenvalue weighted by atomic mass is 16.5. The van der Waals surface area contributed by atoms with Gasteiger partial charge in [0.2, 0.25) is 0 Å². The predicted octanol–water partition coefficient (Wildman–Crippen LogP) is 2.15. The largest absolute Gasteiger partial charge is 0.461 e. The number of esters is 1. The Morgan fingerprint density at radius 1 is 1.45 bits per heavy atom. The summed E-state index contributed by atoms with van der Waals surface area (Å²) >= 11 is 0. The predicted molar refractivity (Wildman–Crippen MR) is 45.2 cm³/mol. The molecule has 2 heteroatoms. The van der Waals surface area contributed by atoms with Crippen LogP contribution in [0.4, 0.5) is 0 Å². The molecule has 0 fully saturated rings. The molecule has 0 aromatic heterocycles. The molecule has 0 heterocycles. The summed E-state index contributed by atoms with van der Waals surface area (Å²) in [6.45, 7) is 7.79. The Morgan fingerprint density at radius 2 is 2.00 bits per heavy atom. The Morgan fingerprint density at radius 3 is 2.36 bits per heavy atom. The van der Waals surface area contributed by atoms with Crippen molar-refractivity contribution in [2.24, 2.45) is 5.41 Å². The van der Waals surface area contributed by atoms with Crippen LogP contribution in [0, 0.1) is 5.41 Å². The van der Waals surface area contributed by atoms with Gasteiger partial charge in [0.05, 0.1) is 5.41 Å². The first-order valence-corrected chi connectivity index (χ1v) is 3.77. The maximum atomic E-state index is 11.1. The average molecular weight is 156 g/mol. The average Bonchev–Trinajstić information content (AvgIpc) is 1.86. The minimum Gasteiger partial charge on any atom is -0.461 e. The summed E-state index contributed by atoms with van der Waals surface area (Å²) in [5.41, 5.74) is -0.387. The lowest BCUT2D eigenvalue weighted by molar-refractivity contribution is -0.151. The molecule has 0 bridgehead atoms. The fourth-order valence-corrected chi connectivity index (χ4v) is 0.437. The standard InChI is InChI=1S/C9H16O2/c1-5-6-7-11-8(10)9(2,3)4/h5-6H,7H2,1-4H3/b6-5-. The van der Waals surface area contributed by atoms with E-state index in [0.717, 1.165) is 0 Å². The van der Waals surface area contributed by atoms with Gasteiger partial charge < -0.3 is 4.74 Å². The molecule has 0 radical (unpaired) electrons. The second-order valence-electron chi connectivity index (χ2n) is 3.42. The Kier molecular flexibility index (Phi) is 3.86. The molecule has 0 aliphatic heterocycles. The summed E-state index contributed by atoms with van der Waals surface area (Å²) in [4.78, 5) is 11.1. The lowest BCUT2D eigenvalue weighted by Crippen LogP contribution is -2.22. The van der Waals surface area contributed by atoms with Gasteiger partial charge in [0.1, 0.15) is 6.61 Å². The molecular formula is C9H16O2. The second kappa shape index (κ2) is 4.16. The molecule has 0 aliphatic carbocycles. The third-order valence-electron chi connectivity index (χ3n) is 1.16. The molecule has 0 aromatic rings. The maximum Gasteiger partial charge on any atom is 0.311 e. The van der Waals surface area contributed by atoms with E-state index in [1.807, 2.05) is 39.8 Å². The van der Waals surface area contributed by atoms with E-state index in [0.29, 0.717) is 6.61 Å². The molecule has 64 valence electrons. The first-order chi connectivity index (χ1) is 4.98. The van der Waals surface area contributed by atoms with Crippen LogP contribution in [0.25, 0.3) is 0 Å². The third-order valence-corrected chi connectivity index (χ3v) is 1.16. The highest BCUT2D eigenvalue weighted by Crippen LogP contribution is 2.14. The van der Waals surface area contributed by atoms with Crippen molar-refractivity contribution in [1.29, 1.82) is 0 Å². The fourth-order valence-electron chi connectivity index (χ4n) is 0.437. The van der Waals surface area contributed by atoms with Crippen molar-refractivity contribution in [1.82, 2.24) is 0 Å². The zero-order valence-corrected chi connectivity index (χ0v) is 7.68. The Bertz CT molecular complexity index is 151. The van der Waals surface area contributed by atoms with E-state index in [1.54, 1.807) is 0 Å². The first kappa shape index (κ1) is 10.2. The maximum absolute atomic E-state index is 11.1. The second-order valence-corrected chi connectivity index (χ2v) is 3.42. The van der Waals surface area contributed by atoms with Crippen LogP contribution in [0.3, 0.4) is 0 Å². The van der Waals surface area contributed by atoms with E-state index >= 15 is 0 Å². The molecule has 0 saturated heterocycles. The Labute approximate surface area is 68.2 Å². The van der Waals surface area contributed by atoms with Crippen LogP contribution >= 0.6 is 0 Å². The van der Waals surface area contributed by atoms with Gasteiger partial charge in [-0.15, -0.1) is 0 Å². The number of carbonyl (C=O) groups is 1. The molecule has 0 atom stereocenters. The van der Waals surface area contributed by atoms with Crippen molar-refractivity contribution in [3.63, 3.8) is 0 Å². The van der Waals surface area contributed by atoms with Crippen LogP contribution in [0.1, 0.15) is 27.7 Å². The zero-order valence-electron chi connectivity index (χ0n) is 7.68. The molecular weight excluding hydrogens is 140 g/mol. The smallest absolute Gasteiger partial charge is 0.311 e. The van der Waals surface area contributed by atoms with Gasteiger partial charge >= 0.3 is 5.97 Å².